The quantitative estimate of drug-likeness (QED) is 0.879. The van der Waals surface area contributed by atoms with Gasteiger partial charge in [-0.1, -0.05) is 34.8 Å². The topological polar surface area (TPSA) is 68.9 Å². The molecule has 0 aliphatic carbocycles. The van der Waals surface area contributed by atoms with Crippen molar-refractivity contribution in [3.8, 4) is 6.07 Å². The zero-order valence-corrected chi connectivity index (χ0v) is 12.9. The number of nitrogens with one attached hydrogen (secondary N) is 1. The molecule has 2 aromatic rings. The molecular weight excluding hydrogens is 333 g/mol. The van der Waals surface area contributed by atoms with E-state index in [1.165, 1.54) is 0 Å². The monoisotopic (exact) mass is 341 g/mol. The van der Waals surface area contributed by atoms with Crippen LogP contribution in [-0.2, 0) is 0 Å². The highest BCUT2D eigenvalue weighted by molar-refractivity contribution is 6.34. The van der Waals surface area contributed by atoms with Gasteiger partial charge in [-0.3, -0.25) is 0 Å². The van der Waals surface area contributed by atoms with Crippen molar-refractivity contribution in [2.24, 2.45) is 0 Å². The highest BCUT2D eigenvalue weighted by atomic mass is 35.5. The van der Waals surface area contributed by atoms with Crippen molar-refractivity contribution >= 4 is 40.6 Å². The van der Waals surface area contributed by atoms with Crippen molar-refractivity contribution < 1.29 is 5.11 Å². The highest BCUT2D eigenvalue weighted by Gasteiger charge is 2.10. The Morgan fingerprint density at radius 3 is 2.48 bits per heavy atom. The minimum absolute atomic E-state index is 0.127. The molecule has 7 heteroatoms. The number of nitrogens with zero attached hydrogens (tertiary/aromatic N) is 2. The van der Waals surface area contributed by atoms with Gasteiger partial charge in [0, 0.05) is 16.6 Å². The average Bonchev–Trinajstić information content (AvgIpc) is 2.45. The smallest absolute Gasteiger partial charge is 0.161 e. The van der Waals surface area contributed by atoms with Crippen molar-refractivity contribution in [2.75, 3.05) is 11.9 Å². The molecule has 0 saturated heterocycles. The molecule has 0 aliphatic rings. The summed E-state index contributed by atoms with van der Waals surface area (Å²) in [6, 6.07) is 9.94. The fraction of sp³-hybridized carbons (Fsp3) is 0.143. The number of hydrogen-bond donors (Lipinski definition) is 2. The Hall–Kier alpha value is -1.51. The number of nitriles is 1. The molecule has 0 saturated carbocycles. The molecule has 1 unspecified atom stereocenters. The summed E-state index contributed by atoms with van der Waals surface area (Å²) in [5, 5.41) is 23.1. The van der Waals surface area contributed by atoms with Crippen LogP contribution in [0.1, 0.15) is 17.4 Å². The first-order valence-corrected chi connectivity index (χ1v) is 7.07. The standard InChI is InChI=1S/C14H10Cl3N3O/c15-9-3-8(4-10(16)5-9)13(21)7-19-14-2-1-11(17)12(6-18)20-14/h1-5,13,21H,7H2,(H,19,20). The van der Waals surface area contributed by atoms with E-state index in [1.807, 2.05) is 6.07 Å². The van der Waals surface area contributed by atoms with Crippen LogP contribution in [-0.4, -0.2) is 16.6 Å². The summed E-state index contributed by atoms with van der Waals surface area (Å²) < 4.78 is 0. The van der Waals surface area contributed by atoms with E-state index in [4.69, 9.17) is 40.1 Å². The van der Waals surface area contributed by atoms with Crippen molar-refractivity contribution in [3.63, 3.8) is 0 Å². The minimum Gasteiger partial charge on any atom is -0.387 e. The van der Waals surface area contributed by atoms with Crippen molar-refractivity contribution in [1.82, 2.24) is 4.98 Å². The van der Waals surface area contributed by atoms with E-state index in [-0.39, 0.29) is 17.3 Å². The molecule has 108 valence electrons. The van der Waals surface area contributed by atoms with Crippen LogP contribution in [0.5, 0.6) is 0 Å². The van der Waals surface area contributed by atoms with Crippen molar-refractivity contribution in [2.45, 2.75) is 6.10 Å². The second kappa shape index (κ2) is 6.97. The maximum absolute atomic E-state index is 10.1. The second-order valence-corrected chi connectivity index (χ2v) is 5.52. The Morgan fingerprint density at radius 2 is 1.86 bits per heavy atom. The Balaban J connectivity index is 2.07. The highest BCUT2D eigenvalue weighted by Crippen LogP contribution is 2.24. The van der Waals surface area contributed by atoms with Crippen molar-refractivity contribution in [1.29, 1.82) is 5.26 Å². The summed E-state index contributed by atoms with van der Waals surface area (Å²) in [4.78, 5) is 4.02. The molecule has 0 fully saturated rings. The normalized spacial score (nSPS) is 11.8. The van der Waals surface area contributed by atoms with E-state index in [9.17, 15) is 5.11 Å². The van der Waals surface area contributed by atoms with Crippen LogP contribution < -0.4 is 5.32 Å². The van der Waals surface area contributed by atoms with Crippen LogP contribution >= 0.6 is 34.8 Å². The summed E-state index contributed by atoms with van der Waals surface area (Å²) in [6.45, 7) is 0.191. The van der Waals surface area contributed by atoms with Gasteiger partial charge in [-0.2, -0.15) is 5.26 Å². The lowest BCUT2D eigenvalue weighted by atomic mass is 10.1. The number of rotatable bonds is 4. The van der Waals surface area contributed by atoms with E-state index in [2.05, 4.69) is 10.3 Å². The molecular formula is C14H10Cl3N3O. The number of aliphatic hydroxyl groups excluding tert-OH is 1. The Kier molecular flexibility index (Phi) is 5.27. The van der Waals surface area contributed by atoms with E-state index < -0.39 is 6.10 Å². The minimum atomic E-state index is -0.816. The zero-order chi connectivity index (χ0) is 15.4. The molecule has 2 N–H and O–H groups in total. The summed E-state index contributed by atoms with van der Waals surface area (Å²) in [6.07, 6.45) is -0.816. The number of anilines is 1. The van der Waals surface area contributed by atoms with Crippen LogP contribution in [0.25, 0.3) is 0 Å². The van der Waals surface area contributed by atoms with Gasteiger partial charge in [0.05, 0.1) is 11.1 Å². The van der Waals surface area contributed by atoms with E-state index in [1.54, 1.807) is 30.3 Å². The van der Waals surface area contributed by atoms with Gasteiger partial charge in [-0.05, 0) is 35.9 Å². The maximum Gasteiger partial charge on any atom is 0.161 e. The summed E-state index contributed by atoms with van der Waals surface area (Å²) >= 11 is 17.6. The van der Waals surface area contributed by atoms with E-state index in [0.717, 1.165) is 0 Å². The fourth-order valence-corrected chi connectivity index (χ4v) is 2.40. The first-order chi connectivity index (χ1) is 9.99. The van der Waals surface area contributed by atoms with E-state index in [0.29, 0.717) is 21.4 Å². The van der Waals surface area contributed by atoms with Crippen LogP contribution in [0.3, 0.4) is 0 Å². The molecule has 0 radical (unpaired) electrons. The third-order valence-electron chi connectivity index (χ3n) is 2.70. The molecule has 0 bridgehead atoms. The van der Waals surface area contributed by atoms with Crippen LogP contribution in [0.2, 0.25) is 15.1 Å². The summed E-state index contributed by atoms with van der Waals surface area (Å²) in [5.41, 5.74) is 0.719. The van der Waals surface area contributed by atoms with Gasteiger partial charge >= 0.3 is 0 Å². The second-order valence-electron chi connectivity index (χ2n) is 4.24. The Morgan fingerprint density at radius 1 is 1.19 bits per heavy atom. The number of aliphatic hydroxyl groups is 1. The van der Waals surface area contributed by atoms with Crippen molar-refractivity contribution in [3.05, 3.63) is 56.7 Å². The first kappa shape index (κ1) is 15.9. The number of aromatic nitrogens is 1. The van der Waals surface area contributed by atoms with Crippen LogP contribution in [0.15, 0.2) is 30.3 Å². The molecule has 2 rings (SSSR count). The SMILES string of the molecule is N#Cc1nc(NCC(O)c2cc(Cl)cc(Cl)c2)ccc1Cl. The zero-order valence-electron chi connectivity index (χ0n) is 10.6. The number of pyridine rings is 1. The molecule has 1 aromatic carbocycles. The van der Waals surface area contributed by atoms with Gasteiger partial charge in [-0.25, -0.2) is 4.98 Å². The van der Waals surface area contributed by atoms with Gasteiger partial charge < -0.3 is 10.4 Å². The molecule has 4 nitrogen and oxygen atoms in total. The third kappa shape index (κ3) is 4.23. The number of halogens is 3. The van der Waals surface area contributed by atoms with Gasteiger partial charge in [0.15, 0.2) is 5.69 Å². The van der Waals surface area contributed by atoms with Crippen LogP contribution in [0.4, 0.5) is 5.82 Å². The number of benzene rings is 1. The fourth-order valence-electron chi connectivity index (χ4n) is 1.71. The lowest BCUT2D eigenvalue weighted by Crippen LogP contribution is -2.13. The van der Waals surface area contributed by atoms with Gasteiger partial charge in [0.25, 0.3) is 0 Å². The molecule has 0 aliphatic heterocycles. The molecule has 0 spiro atoms. The Labute approximate surface area is 136 Å². The summed E-state index contributed by atoms with van der Waals surface area (Å²) in [7, 11) is 0. The van der Waals surface area contributed by atoms with E-state index >= 15 is 0 Å². The summed E-state index contributed by atoms with van der Waals surface area (Å²) in [5.74, 6) is 0.447. The molecule has 0 amide bonds. The largest absolute Gasteiger partial charge is 0.387 e. The number of hydrogen-bond acceptors (Lipinski definition) is 4. The molecule has 1 atom stereocenters. The molecule has 21 heavy (non-hydrogen) atoms. The lowest BCUT2D eigenvalue weighted by molar-refractivity contribution is 0.191. The predicted octanol–water partition coefficient (Wildman–Crippen LogP) is 4.06. The molecule has 1 aromatic heterocycles. The first-order valence-electron chi connectivity index (χ1n) is 5.94. The Bertz CT molecular complexity index is 680. The van der Waals surface area contributed by atoms with Crippen LogP contribution in [0, 0.1) is 11.3 Å². The molecule has 1 heterocycles. The predicted molar refractivity (Wildman–Crippen MR) is 83.9 cm³/mol. The lowest BCUT2D eigenvalue weighted by Gasteiger charge is -2.13. The van der Waals surface area contributed by atoms with Gasteiger partial charge in [-0.15, -0.1) is 0 Å². The maximum atomic E-state index is 10.1. The van der Waals surface area contributed by atoms with Gasteiger partial charge in [0.1, 0.15) is 11.9 Å². The average molecular weight is 343 g/mol. The van der Waals surface area contributed by atoms with Gasteiger partial charge in [0.2, 0.25) is 0 Å². The third-order valence-corrected chi connectivity index (χ3v) is 3.44.